The van der Waals surface area contributed by atoms with Gasteiger partial charge in [-0.05, 0) is 19.4 Å². The highest BCUT2D eigenvalue weighted by atomic mass is 14.9. The fourth-order valence-electron chi connectivity index (χ4n) is 1.41. The standard InChI is InChI=1S/C10H12N2/c1-8-2-5-12-10-7-11-4-3-9(10)6-8/h3-4,6-7,12H,2,5H2,1H3. The Balaban J connectivity index is 2.47. The molecule has 12 heavy (non-hydrogen) atoms. The van der Waals surface area contributed by atoms with Crippen molar-refractivity contribution in [3.05, 3.63) is 29.6 Å². The first kappa shape index (κ1) is 7.35. The van der Waals surface area contributed by atoms with Gasteiger partial charge in [0.05, 0.1) is 11.9 Å². The molecule has 2 nitrogen and oxygen atoms in total. The van der Waals surface area contributed by atoms with Crippen molar-refractivity contribution < 1.29 is 0 Å². The van der Waals surface area contributed by atoms with Crippen molar-refractivity contribution in [2.75, 3.05) is 11.9 Å². The lowest BCUT2D eigenvalue weighted by Crippen LogP contribution is -2.00. The molecule has 0 fully saturated rings. The molecule has 2 rings (SSSR count). The van der Waals surface area contributed by atoms with Crippen molar-refractivity contribution in [1.29, 1.82) is 0 Å². The minimum absolute atomic E-state index is 1.01. The van der Waals surface area contributed by atoms with Crippen LogP contribution in [0.5, 0.6) is 0 Å². The molecule has 0 atom stereocenters. The lowest BCUT2D eigenvalue weighted by atomic mass is 10.1. The molecule has 0 aliphatic carbocycles. The van der Waals surface area contributed by atoms with E-state index in [-0.39, 0.29) is 0 Å². The Morgan fingerprint density at radius 1 is 1.50 bits per heavy atom. The van der Waals surface area contributed by atoms with Crippen LogP contribution >= 0.6 is 0 Å². The quantitative estimate of drug-likeness (QED) is 0.630. The maximum Gasteiger partial charge on any atom is 0.0600 e. The first-order valence-electron chi connectivity index (χ1n) is 4.21. The van der Waals surface area contributed by atoms with Gasteiger partial charge < -0.3 is 5.32 Å². The van der Waals surface area contributed by atoms with Crippen LogP contribution in [-0.4, -0.2) is 11.5 Å². The number of aromatic nitrogens is 1. The SMILES string of the molecule is CC1=Cc2ccncc2NCC1. The molecule has 1 aliphatic heterocycles. The normalized spacial score (nSPS) is 15.6. The number of nitrogens with one attached hydrogen (secondary N) is 1. The van der Waals surface area contributed by atoms with E-state index in [4.69, 9.17) is 0 Å². The van der Waals surface area contributed by atoms with Gasteiger partial charge in [-0.25, -0.2) is 0 Å². The molecule has 1 aromatic heterocycles. The second-order valence-corrected chi connectivity index (χ2v) is 3.13. The summed E-state index contributed by atoms with van der Waals surface area (Å²) in [6.07, 6.45) is 7.05. The molecule has 0 unspecified atom stereocenters. The summed E-state index contributed by atoms with van der Waals surface area (Å²) >= 11 is 0. The predicted octanol–water partition coefficient (Wildman–Crippen LogP) is 2.30. The summed E-state index contributed by atoms with van der Waals surface area (Å²) in [7, 11) is 0. The number of anilines is 1. The third-order valence-electron chi connectivity index (χ3n) is 2.09. The fourth-order valence-corrected chi connectivity index (χ4v) is 1.41. The highest BCUT2D eigenvalue weighted by Gasteiger charge is 2.03. The topological polar surface area (TPSA) is 24.9 Å². The Hall–Kier alpha value is -1.31. The number of fused-ring (bicyclic) bond motifs is 1. The first-order chi connectivity index (χ1) is 5.86. The number of hydrogen-bond donors (Lipinski definition) is 1. The molecular weight excluding hydrogens is 148 g/mol. The molecule has 0 saturated heterocycles. The van der Waals surface area contributed by atoms with Gasteiger partial charge in [-0.1, -0.05) is 11.6 Å². The van der Waals surface area contributed by atoms with E-state index in [1.54, 1.807) is 0 Å². The minimum atomic E-state index is 1.01. The third-order valence-corrected chi connectivity index (χ3v) is 2.09. The molecule has 0 bridgehead atoms. The summed E-state index contributed by atoms with van der Waals surface area (Å²) < 4.78 is 0. The molecule has 62 valence electrons. The molecule has 1 aliphatic rings. The average Bonchev–Trinajstić information content (AvgIpc) is 2.25. The van der Waals surface area contributed by atoms with Crippen LogP contribution in [0.25, 0.3) is 6.08 Å². The van der Waals surface area contributed by atoms with E-state index < -0.39 is 0 Å². The Bertz CT molecular complexity index is 315. The van der Waals surface area contributed by atoms with Gasteiger partial charge in [0, 0.05) is 18.3 Å². The van der Waals surface area contributed by atoms with Gasteiger partial charge in [-0.3, -0.25) is 4.98 Å². The van der Waals surface area contributed by atoms with Crippen molar-refractivity contribution in [3.63, 3.8) is 0 Å². The van der Waals surface area contributed by atoms with Crippen LogP contribution < -0.4 is 5.32 Å². The summed E-state index contributed by atoms with van der Waals surface area (Å²) in [4.78, 5) is 4.07. The van der Waals surface area contributed by atoms with Crippen LogP contribution in [0.15, 0.2) is 24.0 Å². The van der Waals surface area contributed by atoms with Gasteiger partial charge in [0.15, 0.2) is 0 Å². The van der Waals surface area contributed by atoms with Crippen molar-refractivity contribution >= 4 is 11.8 Å². The van der Waals surface area contributed by atoms with E-state index in [2.05, 4.69) is 23.3 Å². The Morgan fingerprint density at radius 2 is 2.42 bits per heavy atom. The molecule has 0 aromatic carbocycles. The molecule has 1 N–H and O–H groups in total. The highest BCUT2D eigenvalue weighted by molar-refractivity contribution is 5.68. The van der Waals surface area contributed by atoms with Crippen molar-refractivity contribution in [2.45, 2.75) is 13.3 Å². The van der Waals surface area contributed by atoms with Crippen LogP contribution in [0.3, 0.4) is 0 Å². The van der Waals surface area contributed by atoms with E-state index in [0.29, 0.717) is 0 Å². The average molecular weight is 160 g/mol. The molecule has 0 amide bonds. The molecule has 2 heteroatoms. The second-order valence-electron chi connectivity index (χ2n) is 3.13. The first-order valence-corrected chi connectivity index (χ1v) is 4.21. The number of nitrogens with zero attached hydrogens (tertiary/aromatic N) is 1. The zero-order valence-corrected chi connectivity index (χ0v) is 7.17. The molecule has 1 aromatic rings. The lowest BCUT2D eigenvalue weighted by molar-refractivity contribution is 1.01. The summed E-state index contributed by atoms with van der Waals surface area (Å²) in [5.41, 5.74) is 3.82. The minimum Gasteiger partial charge on any atom is -0.383 e. The summed E-state index contributed by atoms with van der Waals surface area (Å²) in [5, 5.41) is 3.34. The van der Waals surface area contributed by atoms with Crippen LogP contribution in [-0.2, 0) is 0 Å². The third kappa shape index (κ3) is 1.33. The fraction of sp³-hybridized carbons (Fsp3) is 0.300. The van der Waals surface area contributed by atoms with Gasteiger partial charge in [0.1, 0.15) is 0 Å². The smallest absolute Gasteiger partial charge is 0.0600 e. The van der Waals surface area contributed by atoms with E-state index in [9.17, 15) is 0 Å². The molecular formula is C10H12N2. The van der Waals surface area contributed by atoms with Crippen LogP contribution in [0.1, 0.15) is 18.9 Å². The van der Waals surface area contributed by atoms with Crippen molar-refractivity contribution in [2.24, 2.45) is 0 Å². The summed E-state index contributed by atoms with van der Waals surface area (Å²) in [6.45, 7) is 3.18. The highest BCUT2D eigenvalue weighted by Crippen LogP contribution is 2.21. The molecule has 2 heterocycles. The zero-order valence-electron chi connectivity index (χ0n) is 7.17. The van der Waals surface area contributed by atoms with Gasteiger partial charge >= 0.3 is 0 Å². The molecule has 0 saturated carbocycles. The van der Waals surface area contributed by atoms with E-state index in [0.717, 1.165) is 18.7 Å². The van der Waals surface area contributed by atoms with E-state index in [1.807, 2.05) is 18.5 Å². The van der Waals surface area contributed by atoms with Crippen LogP contribution in [0.2, 0.25) is 0 Å². The van der Waals surface area contributed by atoms with Crippen molar-refractivity contribution in [3.8, 4) is 0 Å². The van der Waals surface area contributed by atoms with Gasteiger partial charge in [-0.15, -0.1) is 0 Å². The number of pyridine rings is 1. The molecule has 0 radical (unpaired) electrons. The number of rotatable bonds is 0. The predicted molar refractivity (Wildman–Crippen MR) is 51.0 cm³/mol. The van der Waals surface area contributed by atoms with Crippen LogP contribution in [0, 0.1) is 0 Å². The Kier molecular flexibility index (Phi) is 1.82. The summed E-state index contributed by atoms with van der Waals surface area (Å²) in [6, 6.07) is 2.04. The van der Waals surface area contributed by atoms with Gasteiger partial charge in [0.2, 0.25) is 0 Å². The maximum atomic E-state index is 4.07. The Morgan fingerprint density at radius 3 is 3.33 bits per heavy atom. The second kappa shape index (κ2) is 2.97. The van der Waals surface area contributed by atoms with Crippen LogP contribution in [0.4, 0.5) is 5.69 Å². The van der Waals surface area contributed by atoms with Crippen molar-refractivity contribution in [1.82, 2.24) is 4.98 Å². The number of hydrogen-bond acceptors (Lipinski definition) is 2. The van der Waals surface area contributed by atoms with E-state index >= 15 is 0 Å². The molecule has 0 spiro atoms. The largest absolute Gasteiger partial charge is 0.383 e. The summed E-state index contributed by atoms with van der Waals surface area (Å²) in [5.74, 6) is 0. The maximum absolute atomic E-state index is 4.07. The zero-order chi connectivity index (χ0) is 8.39. The Labute approximate surface area is 72.3 Å². The monoisotopic (exact) mass is 160 g/mol. The lowest BCUT2D eigenvalue weighted by Gasteiger charge is -2.03. The van der Waals surface area contributed by atoms with Gasteiger partial charge in [0.25, 0.3) is 0 Å². The van der Waals surface area contributed by atoms with E-state index in [1.165, 1.54) is 11.1 Å². The van der Waals surface area contributed by atoms with Gasteiger partial charge in [-0.2, -0.15) is 0 Å².